The van der Waals surface area contributed by atoms with Crippen molar-refractivity contribution in [2.45, 2.75) is 25.7 Å². The number of amides is 2. The third-order valence-electron chi connectivity index (χ3n) is 4.63. The number of carbonyl (C=O) groups excluding carboxylic acids is 2. The first-order chi connectivity index (χ1) is 11.7. The quantitative estimate of drug-likeness (QED) is 0.858. The number of nitrogens with zero attached hydrogens (tertiary/aromatic N) is 2. The Kier molecular flexibility index (Phi) is 4.10. The molecule has 2 aliphatic rings. The van der Waals surface area contributed by atoms with E-state index in [9.17, 15) is 9.59 Å². The molecule has 24 heavy (non-hydrogen) atoms. The zero-order valence-corrected chi connectivity index (χ0v) is 14.3. The summed E-state index contributed by atoms with van der Waals surface area (Å²) in [6, 6.07) is 11.8. The maximum absolute atomic E-state index is 12.8. The first-order valence-corrected chi connectivity index (χ1v) is 9.35. The molecule has 1 aliphatic heterocycles. The summed E-state index contributed by atoms with van der Waals surface area (Å²) in [5.41, 5.74) is 1.75. The zero-order chi connectivity index (χ0) is 16.5. The van der Waals surface area contributed by atoms with Gasteiger partial charge in [0, 0.05) is 23.9 Å². The lowest BCUT2D eigenvalue weighted by Crippen LogP contribution is -2.32. The molecule has 1 fully saturated rings. The van der Waals surface area contributed by atoms with Gasteiger partial charge < -0.3 is 9.80 Å². The third-order valence-corrected chi connectivity index (χ3v) is 5.50. The van der Waals surface area contributed by atoms with E-state index in [0.29, 0.717) is 19.5 Å². The number of anilines is 2. The lowest BCUT2D eigenvalue weighted by molar-refractivity contribution is -0.120. The minimum Gasteiger partial charge on any atom is -0.310 e. The smallest absolute Gasteiger partial charge is 0.232 e. The largest absolute Gasteiger partial charge is 0.310 e. The maximum Gasteiger partial charge on any atom is 0.232 e. The van der Waals surface area contributed by atoms with Gasteiger partial charge in [-0.2, -0.15) is 0 Å². The van der Waals surface area contributed by atoms with E-state index in [1.54, 1.807) is 11.3 Å². The second-order valence-electron chi connectivity index (χ2n) is 6.41. The van der Waals surface area contributed by atoms with E-state index in [0.717, 1.165) is 35.5 Å². The highest BCUT2D eigenvalue weighted by molar-refractivity contribution is 7.10. The van der Waals surface area contributed by atoms with Crippen molar-refractivity contribution in [2.75, 3.05) is 22.9 Å². The molecule has 124 valence electrons. The number of para-hydroxylation sites is 2. The SMILES string of the molecule is O=C(Cc1cccs1)N1CCCN(C(=O)C2CC2)c2ccccc21. The molecule has 2 amide bonds. The highest BCUT2D eigenvalue weighted by Crippen LogP contribution is 2.38. The van der Waals surface area contributed by atoms with Crippen LogP contribution in [0.2, 0.25) is 0 Å². The van der Waals surface area contributed by atoms with Crippen LogP contribution in [0.25, 0.3) is 0 Å². The molecule has 1 aromatic heterocycles. The maximum atomic E-state index is 12.8. The van der Waals surface area contributed by atoms with E-state index >= 15 is 0 Å². The zero-order valence-electron chi connectivity index (χ0n) is 13.5. The fourth-order valence-electron chi connectivity index (χ4n) is 3.24. The molecule has 0 unspecified atom stereocenters. The van der Waals surface area contributed by atoms with Crippen molar-refractivity contribution in [1.29, 1.82) is 0 Å². The summed E-state index contributed by atoms with van der Waals surface area (Å²) >= 11 is 1.61. The average molecular weight is 340 g/mol. The van der Waals surface area contributed by atoms with E-state index in [4.69, 9.17) is 0 Å². The van der Waals surface area contributed by atoms with Crippen LogP contribution in [0.5, 0.6) is 0 Å². The van der Waals surface area contributed by atoms with Crippen LogP contribution in [0.15, 0.2) is 41.8 Å². The van der Waals surface area contributed by atoms with E-state index < -0.39 is 0 Å². The molecule has 0 N–H and O–H groups in total. The number of rotatable bonds is 3. The van der Waals surface area contributed by atoms with Crippen molar-refractivity contribution in [3.63, 3.8) is 0 Å². The molecule has 0 bridgehead atoms. The molecule has 2 aromatic rings. The van der Waals surface area contributed by atoms with Gasteiger partial charge in [-0.1, -0.05) is 18.2 Å². The fraction of sp³-hybridized carbons (Fsp3) is 0.368. The molecule has 4 rings (SSSR count). The highest BCUT2D eigenvalue weighted by atomic mass is 32.1. The van der Waals surface area contributed by atoms with Crippen LogP contribution in [0, 0.1) is 5.92 Å². The van der Waals surface area contributed by atoms with Gasteiger partial charge in [0.05, 0.1) is 17.8 Å². The van der Waals surface area contributed by atoms with Gasteiger partial charge in [0.25, 0.3) is 0 Å². The van der Waals surface area contributed by atoms with Crippen LogP contribution in [-0.2, 0) is 16.0 Å². The molecular formula is C19H20N2O2S. The predicted octanol–water partition coefficient (Wildman–Crippen LogP) is 3.47. The number of hydrogen-bond donors (Lipinski definition) is 0. The van der Waals surface area contributed by atoms with Gasteiger partial charge in [-0.25, -0.2) is 0 Å². The Morgan fingerprint density at radius 1 is 1.00 bits per heavy atom. The number of carbonyl (C=O) groups is 2. The Morgan fingerprint density at radius 3 is 2.38 bits per heavy atom. The number of fused-ring (bicyclic) bond motifs is 1. The lowest BCUT2D eigenvalue weighted by atomic mass is 10.2. The molecule has 0 atom stereocenters. The average Bonchev–Trinajstić information content (AvgIpc) is 3.36. The van der Waals surface area contributed by atoms with Crippen molar-refractivity contribution in [3.8, 4) is 0 Å². The van der Waals surface area contributed by atoms with Gasteiger partial charge in [-0.15, -0.1) is 11.3 Å². The summed E-state index contributed by atoms with van der Waals surface area (Å²) in [5.74, 6) is 0.507. The summed E-state index contributed by atoms with van der Waals surface area (Å²) < 4.78 is 0. The van der Waals surface area contributed by atoms with Crippen LogP contribution in [0.1, 0.15) is 24.1 Å². The van der Waals surface area contributed by atoms with Crippen LogP contribution in [-0.4, -0.2) is 24.9 Å². The minimum absolute atomic E-state index is 0.102. The second-order valence-corrected chi connectivity index (χ2v) is 7.44. The predicted molar refractivity (Wildman–Crippen MR) is 96.5 cm³/mol. The normalized spacial score (nSPS) is 17.3. The van der Waals surface area contributed by atoms with Crippen molar-refractivity contribution < 1.29 is 9.59 Å². The summed E-state index contributed by atoms with van der Waals surface area (Å²) in [5, 5.41) is 2.00. The Bertz CT molecular complexity index is 752. The Balaban J connectivity index is 1.64. The van der Waals surface area contributed by atoms with Crippen LogP contribution in [0.3, 0.4) is 0 Å². The van der Waals surface area contributed by atoms with E-state index in [2.05, 4.69) is 0 Å². The monoisotopic (exact) mass is 340 g/mol. The molecule has 1 saturated carbocycles. The van der Waals surface area contributed by atoms with Gasteiger partial charge >= 0.3 is 0 Å². The lowest BCUT2D eigenvalue weighted by Gasteiger charge is -2.25. The second kappa shape index (κ2) is 6.40. The first kappa shape index (κ1) is 15.4. The Labute approximate surface area is 145 Å². The van der Waals surface area contributed by atoms with Gasteiger partial charge in [0.2, 0.25) is 11.8 Å². The van der Waals surface area contributed by atoms with E-state index in [1.807, 2.05) is 51.6 Å². The molecule has 5 heteroatoms. The van der Waals surface area contributed by atoms with Crippen molar-refractivity contribution >= 4 is 34.5 Å². The molecule has 1 aromatic carbocycles. The van der Waals surface area contributed by atoms with E-state index in [-0.39, 0.29) is 17.7 Å². The molecule has 2 heterocycles. The summed E-state index contributed by atoms with van der Waals surface area (Å²) in [4.78, 5) is 30.3. The number of hydrogen-bond acceptors (Lipinski definition) is 3. The Hall–Kier alpha value is -2.14. The number of benzene rings is 1. The topological polar surface area (TPSA) is 40.6 Å². The molecule has 0 spiro atoms. The van der Waals surface area contributed by atoms with Gasteiger partial charge in [0.1, 0.15) is 0 Å². The van der Waals surface area contributed by atoms with Gasteiger partial charge in [-0.3, -0.25) is 9.59 Å². The van der Waals surface area contributed by atoms with Crippen molar-refractivity contribution in [2.24, 2.45) is 5.92 Å². The molecule has 1 aliphatic carbocycles. The molecular weight excluding hydrogens is 320 g/mol. The highest BCUT2D eigenvalue weighted by Gasteiger charge is 2.36. The van der Waals surface area contributed by atoms with Crippen LogP contribution >= 0.6 is 11.3 Å². The standard InChI is InChI=1S/C19H20N2O2S/c22-18(13-15-5-3-12-24-15)20-10-4-11-21(19(23)14-8-9-14)17-7-2-1-6-16(17)20/h1-3,5-7,12,14H,4,8-11,13H2. The molecule has 0 saturated heterocycles. The van der Waals surface area contributed by atoms with Gasteiger partial charge in [-0.05, 0) is 42.8 Å². The van der Waals surface area contributed by atoms with E-state index in [1.165, 1.54) is 0 Å². The summed E-state index contributed by atoms with van der Waals surface area (Å²) in [6.45, 7) is 1.35. The molecule has 0 radical (unpaired) electrons. The molecule has 4 nitrogen and oxygen atoms in total. The summed E-state index contributed by atoms with van der Waals surface area (Å²) in [6.07, 6.45) is 3.23. The minimum atomic E-state index is 0.102. The Morgan fingerprint density at radius 2 is 1.71 bits per heavy atom. The van der Waals surface area contributed by atoms with Gasteiger partial charge in [0.15, 0.2) is 0 Å². The van der Waals surface area contributed by atoms with Crippen LogP contribution in [0.4, 0.5) is 11.4 Å². The first-order valence-electron chi connectivity index (χ1n) is 8.47. The summed E-state index contributed by atoms with van der Waals surface area (Å²) in [7, 11) is 0. The number of thiophene rings is 1. The van der Waals surface area contributed by atoms with Crippen molar-refractivity contribution in [1.82, 2.24) is 0 Å². The van der Waals surface area contributed by atoms with Crippen LogP contribution < -0.4 is 9.80 Å². The third kappa shape index (κ3) is 2.96. The van der Waals surface area contributed by atoms with Crippen molar-refractivity contribution in [3.05, 3.63) is 46.7 Å². The fourth-order valence-corrected chi connectivity index (χ4v) is 3.94.